The van der Waals surface area contributed by atoms with Gasteiger partial charge >= 0.3 is 6.03 Å². The van der Waals surface area contributed by atoms with E-state index < -0.39 is 143 Å². The number of aliphatic hydroxyl groups excluding tert-OH is 1. The highest BCUT2D eigenvalue weighted by atomic mass is 32.2. The predicted molar refractivity (Wildman–Crippen MR) is 345 cm³/mol. The molecule has 12 amide bonds. The number of phenols is 1. The van der Waals surface area contributed by atoms with Crippen LogP contribution in [-0.2, 0) is 82.1 Å². The minimum Gasteiger partial charge on any atom is -0.508 e. The summed E-state index contributed by atoms with van der Waals surface area (Å²) >= 11 is 0. The summed E-state index contributed by atoms with van der Waals surface area (Å²) in [5.41, 5.74) is 15.9. The lowest BCUT2D eigenvalue weighted by atomic mass is 10.0. The molecule has 2 saturated heterocycles. The number of fused-ring (bicyclic) bond motifs is 1. The molecule has 526 valence electrons. The van der Waals surface area contributed by atoms with E-state index in [9.17, 15) is 71.4 Å². The van der Waals surface area contributed by atoms with Crippen molar-refractivity contribution >= 4 is 92.1 Å². The molecule has 21 N–H and O–H groups in total. The molecule has 4 aromatic rings. The number of aliphatic hydroxyl groups is 1. The maximum atomic E-state index is 14.8. The van der Waals surface area contributed by atoms with Gasteiger partial charge in [-0.05, 0) is 94.5 Å². The number of likely N-dealkylation sites (tertiary alicyclic amines) is 1. The van der Waals surface area contributed by atoms with Crippen molar-refractivity contribution in [2.45, 2.75) is 159 Å². The summed E-state index contributed by atoms with van der Waals surface area (Å²) in [7, 11) is -3.67. The number of aromatic nitrogens is 3. The van der Waals surface area contributed by atoms with Gasteiger partial charge in [-0.2, -0.15) is 8.42 Å². The van der Waals surface area contributed by atoms with E-state index in [1.165, 1.54) is 41.7 Å². The van der Waals surface area contributed by atoms with Crippen molar-refractivity contribution in [3.63, 3.8) is 0 Å². The van der Waals surface area contributed by atoms with E-state index >= 15 is 0 Å². The van der Waals surface area contributed by atoms with E-state index in [1.807, 2.05) is 5.43 Å². The highest BCUT2D eigenvalue weighted by Crippen LogP contribution is 2.22. The van der Waals surface area contributed by atoms with E-state index in [0.717, 1.165) is 0 Å². The molecule has 2 aromatic carbocycles. The van der Waals surface area contributed by atoms with Gasteiger partial charge in [0.1, 0.15) is 60.1 Å². The Hall–Kier alpha value is -9.94. The van der Waals surface area contributed by atoms with E-state index in [4.69, 9.17) is 26.2 Å². The number of rotatable bonds is 31. The first kappa shape index (κ1) is 76.8. The third-order valence-electron chi connectivity index (χ3n) is 14.9. The van der Waals surface area contributed by atoms with Gasteiger partial charge in [0, 0.05) is 62.1 Å². The molecular formula is C60H88N18O17S. The molecule has 0 aliphatic carbocycles. The average molecular weight is 1370 g/mol. The molecule has 2 aliphatic rings. The monoisotopic (exact) mass is 1360 g/mol. The number of urea groups is 1. The summed E-state index contributed by atoms with van der Waals surface area (Å²) in [5, 5.41) is 52.9. The highest BCUT2D eigenvalue weighted by molar-refractivity contribution is 7.85. The SMILES string of the molecule is CC(C)C[C@H](NC(=O)[C@@H](COC(C)(C)C)NC(=O)[C@H](Cc1ccc(O)cc1)NC(=O)[C@H](CO)NC(=O)[C@H](Cc1c[nH]c2ccccc12)NC(=O)[C@H](Cc1c[nH]cn1)NC(=O)[C@@H]1CCC(=O)N1)C(=O)N[C@@H](CCCNC(=N)N)C(=O)N1CCC[C@H]1C(=O)NNC(N)=O.CS(=O)(=O)O. The lowest BCUT2D eigenvalue weighted by Gasteiger charge is -2.31. The molecule has 0 bridgehead atoms. The second kappa shape index (κ2) is 36.1. The van der Waals surface area contributed by atoms with Crippen molar-refractivity contribution in [1.82, 2.24) is 78.6 Å². The number of nitrogens with zero attached hydrogens (tertiary/aromatic N) is 2. The number of carbonyl (C=O) groups is 11. The Morgan fingerprint density at radius 1 is 0.750 bits per heavy atom. The number of nitrogens with one attached hydrogen (secondary N) is 14. The number of para-hydroxylation sites is 1. The fourth-order valence-corrected chi connectivity index (χ4v) is 10.3. The zero-order chi connectivity index (χ0) is 71.0. The quantitative estimate of drug-likeness (QED) is 0.00768. The van der Waals surface area contributed by atoms with Gasteiger partial charge in [-0.3, -0.25) is 63.3 Å². The Kier molecular flexibility index (Phi) is 28.9. The first-order valence-electron chi connectivity index (χ1n) is 30.8. The van der Waals surface area contributed by atoms with Crippen molar-refractivity contribution in [2.75, 3.05) is 32.6 Å². The van der Waals surface area contributed by atoms with Crippen LogP contribution in [0, 0.1) is 11.3 Å². The number of primary amides is 1. The van der Waals surface area contributed by atoms with Crippen molar-refractivity contribution in [3.8, 4) is 5.75 Å². The van der Waals surface area contributed by atoms with Crippen LogP contribution in [0.3, 0.4) is 0 Å². The molecule has 36 heteroatoms. The normalized spacial score (nSPS) is 16.7. The molecule has 0 saturated carbocycles. The van der Waals surface area contributed by atoms with Crippen LogP contribution in [-0.4, -0.2) is 207 Å². The van der Waals surface area contributed by atoms with Crippen LogP contribution in [0.5, 0.6) is 5.75 Å². The molecule has 9 atom stereocenters. The van der Waals surface area contributed by atoms with Crippen LogP contribution < -0.4 is 70.2 Å². The van der Waals surface area contributed by atoms with Crippen molar-refractivity contribution in [1.29, 1.82) is 5.41 Å². The number of ether oxygens (including phenoxy) is 1. The van der Waals surface area contributed by atoms with Gasteiger partial charge in [-0.25, -0.2) is 15.2 Å². The number of hydrazine groups is 1. The fraction of sp³-hybridized carbons (Fsp3) is 0.517. The van der Waals surface area contributed by atoms with Gasteiger partial charge in [0.05, 0.1) is 37.1 Å². The van der Waals surface area contributed by atoms with E-state index in [1.54, 1.807) is 65.1 Å². The number of aromatic amines is 2. The summed E-state index contributed by atoms with van der Waals surface area (Å²) in [6.45, 7) is 7.33. The summed E-state index contributed by atoms with van der Waals surface area (Å²) in [6.07, 6.45) is 5.67. The summed E-state index contributed by atoms with van der Waals surface area (Å²) in [5.74, 6) is -8.74. The first-order valence-corrected chi connectivity index (χ1v) is 32.7. The molecule has 2 aliphatic heterocycles. The minimum atomic E-state index is -3.67. The molecular weight excluding hydrogens is 1280 g/mol. The number of nitrogens with two attached hydrogens (primary N) is 2. The fourth-order valence-electron chi connectivity index (χ4n) is 10.3. The maximum absolute atomic E-state index is 14.8. The number of aromatic hydroxyl groups is 1. The van der Waals surface area contributed by atoms with Gasteiger partial charge in [-0.15, -0.1) is 0 Å². The lowest BCUT2D eigenvalue weighted by molar-refractivity contribution is -0.142. The number of amides is 12. The number of hydrogen-bond donors (Lipinski definition) is 19. The second-order valence-corrected chi connectivity index (χ2v) is 25.9. The molecule has 2 aromatic heterocycles. The van der Waals surface area contributed by atoms with Gasteiger partial charge in [-0.1, -0.05) is 44.2 Å². The number of H-pyrrole nitrogens is 2. The van der Waals surface area contributed by atoms with Crippen LogP contribution in [0.2, 0.25) is 0 Å². The molecule has 4 heterocycles. The Bertz CT molecular complexity index is 3480. The second-order valence-electron chi connectivity index (χ2n) is 24.4. The molecule has 2 fully saturated rings. The zero-order valence-corrected chi connectivity index (χ0v) is 54.9. The van der Waals surface area contributed by atoms with E-state index in [2.05, 4.69) is 68.2 Å². The smallest absolute Gasteiger partial charge is 0.330 e. The summed E-state index contributed by atoms with van der Waals surface area (Å²) in [6, 6.07) is -0.755. The number of carbonyl (C=O) groups excluding carboxylic acids is 11. The molecule has 0 radical (unpaired) electrons. The Morgan fingerprint density at radius 2 is 1.32 bits per heavy atom. The molecule has 0 unspecified atom stereocenters. The van der Waals surface area contributed by atoms with Crippen LogP contribution >= 0.6 is 0 Å². The average Bonchev–Trinajstić information content (AvgIpc) is 1.28. The third kappa shape index (κ3) is 25.8. The maximum Gasteiger partial charge on any atom is 0.330 e. The Morgan fingerprint density at radius 3 is 1.91 bits per heavy atom. The number of imidazole rings is 1. The van der Waals surface area contributed by atoms with Gasteiger partial charge in [0.2, 0.25) is 53.2 Å². The molecule has 96 heavy (non-hydrogen) atoms. The standard InChI is InChI=1S/C59H84N18O14.CH4O3S/c1-31(2)22-40(49(82)68-39(12-8-20-64-57(60)61)56(89)77-21-9-13-46(77)55(88)75-76-58(62)90)69-54(87)45(29-91-59(3,4)5)74-50(83)41(23-32-14-16-35(79)17-15-32)70-53(86)44(28-78)73-51(84)42(24-33-26-65-37-11-7-6-10-36(33)37)71-52(85)43(25-34-27-63-30-66-34)72-48(81)38-18-19-47(80)67-38;1-5(2,3)4/h6-7,10-11,14-17,26-27,30-31,38-46,65,78-79H,8-9,12-13,18-25,28-29H2,1-5H3,(H,63,66)(H,67,80)(H,68,82)(H,69,87)(H,70,86)(H,71,85)(H,72,81)(H,73,84)(H,74,83)(H,75,88)(H4,60,61,64)(H3,62,76,90);1H3,(H,2,3,4)/t38-,39-,40-,41-,42-,43-,44-,45+,46-;/m0./s1. The molecule has 6 rings (SSSR count). The number of benzene rings is 2. The third-order valence-corrected chi connectivity index (χ3v) is 14.9. The van der Waals surface area contributed by atoms with Crippen LogP contribution in [0.1, 0.15) is 96.4 Å². The number of hydrogen-bond acceptors (Lipinski definition) is 18. The van der Waals surface area contributed by atoms with Gasteiger partial charge < -0.3 is 89.1 Å². The van der Waals surface area contributed by atoms with Crippen molar-refractivity contribution < 1.29 is 80.7 Å². The Balaban J connectivity index is 0.00000321. The summed E-state index contributed by atoms with van der Waals surface area (Å²) < 4.78 is 31.9. The molecule has 35 nitrogen and oxygen atoms in total. The number of phenolic OH excluding ortho intramolecular Hbond substituents is 1. The first-order chi connectivity index (χ1) is 45.2. The van der Waals surface area contributed by atoms with Crippen LogP contribution in [0.15, 0.2) is 67.3 Å². The minimum absolute atomic E-state index is 0.00232. The van der Waals surface area contributed by atoms with E-state index in [-0.39, 0.29) is 94.4 Å². The molecule has 0 spiro atoms. The zero-order valence-electron chi connectivity index (χ0n) is 54.0. The van der Waals surface area contributed by atoms with Crippen LogP contribution in [0.25, 0.3) is 10.9 Å². The number of guanidine groups is 1. The predicted octanol–water partition coefficient (Wildman–Crippen LogP) is -3.39. The van der Waals surface area contributed by atoms with Crippen LogP contribution in [0.4, 0.5) is 4.79 Å². The topological polar surface area (TPSA) is 548 Å². The summed E-state index contributed by atoms with van der Waals surface area (Å²) in [4.78, 5) is 163. The van der Waals surface area contributed by atoms with E-state index in [0.29, 0.717) is 40.4 Å². The largest absolute Gasteiger partial charge is 0.508 e. The van der Waals surface area contributed by atoms with Crippen molar-refractivity contribution in [3.05, 3.63) is 84.1 Å². The van der Waals surface area contributed by atoms with Gasteiger partial charge in [0.25, 0.3) is 16.0 Å². The Labute approximate surface area is 553 Å². The van der Waals surface area contributed by atoms with Crippen molar-refractivity contribution in [2.24, 2.45) is 17.4 Å². The van der Waals surface area contributed by atoms with Gasteiger partial charge in [0.15, 0.2) is 5.96 Å². The lowest BCUT2D eigenvalue weighted by Crippen LogP contribution is -2.62. The highest BCUT2D eigenvalue weighted by Gasteiger charge is 2.40.